The number of amides is 2. The number of nitrogens with zero attached hydrogens (tertiary/aromatic N) is 2. The molecule has 0 radical (unpaired) electrons. The molecule has 0 bridgehead atoms. The predicted octanol–water partition coefficient (Wildman–Crippen LogP) is 3.40. The van der Waals surface area contributed by atoms with Crippen molar-refractivity contribution in [2.24, 2.45) is 0 Å². The van der Waals surface area contributed by atoms with E-state index in [9.17, 15) is 9.59 Å². The Hall–Kier alpha value is -1.84. The Morgan fingerprint density at radius 3 is 2.52 bits per heavy atom. The SMILES string of the molecule is CCC(=O)N1CCCCC[C@@H]2[C@@H]1C[C@@H](Cc1ccccc1)N2C(C)=O. The first kappa shape index (κ1) is 18.0. The quantitative estimate of drug-likeness (QED) is 0.845. The maximum absolute atomic E-state index is 12.5. The van der Waals surface area contributed by atoms with Gasteiger partial charge in [0, 0.05) is 25.9 Å². The van der Waals surface area contributed by atoms with Gasteiger partial charge < -0.3 is 9.80 Å². The summed E-state index contributed by atoms with van der Waals surface area (Å²) in [6.07, 6.45) is 6.73. The molecule has 2 fully saturated rings. The highest BCUT2D eigenvalue weighted by atomic mass is 16.2. The molecule has 4 heteroatoms. The summed E-state index contributed by atoms with van der Waals surface area (Å²) in [7, 11) is 0. The fourth-order valence-electron chi connectivity index (χ4n) is 4.72. The summed E-state index contributed by atoms with van der Waals surface area (Å²) in [5.41, 5.74) is 1.27. The molecule has 2 aliphatic heterocycles. The van der Waals surface area contributed by atoms with Gasteiger partial charge in [0.05, 0.1) is 12.1 Å². The van der Waals surface area contributed by atoms with E-state index < -0.39 is 0 Å². The monoisotopic (exact) mass is 342 g/mol. The van der Waals surface area contributed by atoms with E-state index in [-0.39, 0.29) is 29.9 Å². The lowest BCUT2D eigenvalue weighted by Crippen LogP contribution is -2.50. The molecule has 2 saturated heterocycles. The molecule has 136 valence electrons. The molecular weight excluding hydrogens is 312 g/mol. The first-order valence-corrected chi connectivity index (χ1v) is 9.74. The molecule has 0 saturated carbocycles. The molecule has 2 aliphatic rings. The van der Waals surface area contributed by atoms with Crippen LogP contribution in [0.3, 0.4) is 0 Å². The van der Waals surface area contributed by atoms with Crippen LogP contribution in [0.2, 0.25) is 0 Å². The zero-order valence-corrected chi connectivity index (χ0v) is 15.5. The molecule has 25 heavy (non-hydrogen) atoms. The number of likely N-dealkylation sites (tertiary alicyclic amines) is 2. The van der Waals surface area contributed by atoms with Crippen LogP contribution in [0, 0.1) is 0 Å². The zero-order valence-electron chi connectivity index (χ0n) is 15.5. The van der Waals surface area contributed by atoms with Crippen LogP contribution in [0.1, 0.15) is 57.9 Å². The van der Waals surface area contributed by atoms with Gasteiger partial charge in [-0.3, -0.25) is 9.59 Å². The van der Waals surface area contributed by atoms with E-state index >= 15 is 0 Å². The van der Waals surface area contributed by atoms with Gasteiger partial charge in [-0.2, -0.15) is 0 Å². The van der Waals surface area contributed by atoms with Crippen LogP contribution in [-0.2, 0) is 16.0 Å². The van der Waals surface area contributed by atoms with E-state index in [1.807, 2.05) is 13.0 Å². The maximum atomic E-state index is 12.5. The second-order valence-electron chi connectivity index (χ2n) is 7.43. The summed E-state index contributed by atoms with van der Waals surface area (Å²) in [5.74, 6) is 0.388. The molecule has 0 aromatic heterocycles. The van der Waals surface area contributed by atoms with Gasteiger partial charge in [0.15, 0.2) is 0 Å². The molecule has 3 atom stereocenters. The standard InChI is InChI=1S/C21H30N2O2/c1-3-21(25)22-13-9-5-8-12-19-20(22)15-18(23(19)16(2)24)14-17-10-6-4-7-11-17/h4,6-7,10-11,18-20H,3,5,8-9,12-15H2,1-2H3/t18-,19-,20+/m1/s1. The minimum Gasteiger partial charge on any atom is -0.338 e. The van der Waals surface area contributed by atoms with Crippen molar-refractivity contribution in [2.75, 3.05) is 6.54 Å². The number of benzene rings is 1. The van der Waals surface area contributed by atoms with Crippen LogP contribution in [0.4, 0.5) is 0 Å². The molecule has 0 spiro atoms. The normalized spacial score (nSPS) is 26.7. The van der Waals surface area contributed by atoms with E-state index in [1.165, 1.54) is 5.56 Å². The topological polar surface area (TPSA) is 40.6 Å². The van der Waals surface area contributed by atoms with Crippen molar-refractivity contribution in [3.8, 4) is 0 Å². The van der Waals surface area contributed by atoms with Gasteiger partial charge >= 0.3 is 0 Å². The van der Waals surface area contributed by atoms with Gasteiger partial charge in [-0.05, 0) is 31.2 Å². The van der Waals surface area contributed by atoms with Crippen LogP contribution in [0.25, 0.3) is 0 Å². The largest absolute Gasteiger partial charge is 0.338 e. The lowest BCUT2D eigenvalue weighted by atomic mass is 9.95. The van der Waals surface area contributed by atoms with E-state index in [2.05, 4.69) is 34.1 Å². The Morgan fingerprint density at radius 1 is 1.08 bits per heavy atom. The molecule has 0 unspecified atom stereocenters. The second kappa shape index (κ2) is 8.03. The molecule has 1 aromatic rings. The minimum absolute atomic E-state index is 0.151. The van der Waals surface area contributed by atoms with Crippen molar-refractivity contribution >= 4 is 11.8 Å². The van der Waals surface area contributed by atoms with Gasteiger partial charge in [-0.15, -0.1) is 0 Å². The van der Waals surface area contributed by atoms with Crippen LogP contribution in [-0.4, -0.2) is 46.3 Å². The average molecular weight is 342 g/mol. The third kappa shape index (κ3) is 3.88. The number of rotatable bonds is 3. The van der Waals surface area contributed by atoms with Crippen molar-refractivity contribution in [1.29, 1.82) is 0 Å². The van der Waals surface area contributed by atoms with Crippen LogP contribution < -0.4 is 0 Å². The molecule has 4 nitrogen and oxygen atoms in total. The Labute approximate surface area is 151 Å². The van der Waals surface area contributed by atoms with Gasteiger partial charge in [-0.25, -0.2) is 0 Å². The summed E-state index contributed by atoms with van der Waals surface area (Å²) in [4.78, 5) is 29.2. The molecular formula is C21H30N2O2. The van der Waals surface area contributed by atoms with Crippen molar-refractivity contribution in [1.82, 2.24) is 9.80 Å². The van der Waals surface area contributed by atoms with E-state index in [4.69, 9.17) is 0 Å². The Kier molecular flexibility index (Phi) is 5.77. The second-order valence-corrected chi connectivity index (χ2v) is 7.43. The number of hydrogen-bond donors (Lipinski definition) is 0. The smallest absolute Gasteiger partial charge is 0.222 e. The number of fused-ring (bicyclic) bond motifs is 1. The number of carbonyl (C=O) groups excluding carboxylic acids is 2. The van der Waals surface area contributed by atoms with Crippen molar-refractivity contribution in [3.63, 3.8) is 0 Å². The minimum atomic E-state index is 0.151. The molecule has 2 amide bonds. The summed E-state index contributed by atoms with van der Waals surface area (Å²) < 4.78 is 0. The zero-order chi connectivity index (χ0) is 17.8. The molecule has 2 heterocycles. The highest BCUT2D eigenvalue weighted by Crippen LogP contribution is 2.35. The van der Waals surface area contributed by atoms with Crippen LogP contribution >= 0.6 is 0 Å². The van der Waals surface area contributed by atoms with Crippen LogP contribution in [0.15, 0.2) is 30.3 Å². The maximum Gasteiger partial charge on any atom is 0.222 e. The Morgan fingerprint density at radius 2 is 1.84 bits per heavy atom. The Bertz CT molecular complexity index is 601. The number of hydrogen-bond acceptors (Lipinski definition) is 2. The predicted molar refractivity (Wildman–Crippen MR) is 99.1 cm³/mol. The fourth-order valence-corrected chi connectivity index (χ4v) is 4.72. The first-order chi connectivity index (χ1) is 12.1. The molecule has 3 rings (SSSR count). The summed E-state index contributed by atoms with van der Waals surface area (Å²) in [5, 5.41) is 0. The summed E-state index contributed by atoms with van der Waals surface area (Å²) in [6, 6.07) is 11.0. The highest BCUT2D eigenvalue weighted by molar-refractivity contribution is 5.77. The van der Waals surface area contributed by atoms with Gasteiger partial charge in [0.2, 0.25) is 11.8 Å². The van der Waals surface area contributed by atoms with Gasteiger partial charge in [0.1, 0.15) is 0 Å². The van der Waals surface area contributed by atoms with Crippen molar-refractivity contribution < 1.29 is 9.59 Å². The highest BCUT2D eigenvalue weighted by Gasteiger charge is 2.45. The molecule has 1 aromatic carbocycles. The lowest BCUT2D eigenvalue weighted by molar-refractivity contribution is -0.137. The fraction of sp³-hybridized carbons (Fsp3) is 0.619. The van der Waals surface area contributed by atoms with E-state index in [1.54, 1.807) is 6.92 Å². The third-order valence-corrected chi connectivity index (χ3v) is 5.81. The van der Waals surface area contributed by atoms with Crippen LogP contribution in [0.5, 0.6) is 0 Å². The molecule has 0 N–H and O–H groups in total. The lowest BCUT2D eigenvalue weighted by Gasteiger charge is -2.37. The summed E-state index contributed by atoms with van der Waals surface area (Å²) in [6.45, 7) is 4.47. The van der Waals surface area contributed by atoms with E-state index in [0.717, 1.165) is 45.1 Å². The van der Waals surface area contributed by atoms with E-state index in [0.29, 0.717) is 6.42 Å². The van der Waals surface area contributed by atoms with Crippen molar-refractivity contribution in [2.45, 2.75) is 76.9 Å². The van der Waals surface area contributed by atoms with Gasteiger partial charge in [0.25, 0.3) is 0 Å². The molecule has 0 aliphatic carbocycles. The Balaban J connectivity index is 1.87. The third-order valence-electron chi connectivity index (χ3n) is 5.81. The van der Waals surface area contributed by atoms with Crippen molar-refractivity contribution in [3.05, 3.63) is 35.9 Å². The van der Waals surface area contributed by atoms with Gasteiger partial charge in [-0.1, -0.05) is 50.1 Å². The summed E-state index contributed by atoms with van der Waals surface area (Å²) >= 11 is 0. The number of carbonyl (C=O) groups is 2. The first-order valence-electron chi connectivity index (χ1n) is 9.74. The average Bonchev–Trinajstić information content (AvgIpc) is 2.93.